The average Bonchev–Trinajstić information content (AvgIpc) is 1.41. The maximum Gasteiger partial charge on any atom is 0.184 e. The molecule has 0 aliphatic carbocycles. The molecular formula is CH5BN2S. The van der Waals surface area contributed by atoms with Gasteiger partial charge in [0.15, 0.2) is 7.12 Å². The summed E-state index contributed by atoms with van der Waals surface area (Å²) < 4.78 is 2.58. The van der Waals surface area contributed by atoms with Gasteiger partial charge in [-0.05, 0) is 0 Å². The van der Waals surface area contributed by atoms with Crippen molar-refractivity contribution in [3.8, 4) is 0 Å². The van der Waals surface area contributed by atoms with Gasteiger partial charge in [-0.2, -0.15) is 11.8 Å². The van der Waals surface area contributed by atoms with Crippen LogP contribution in [0.1, 0.15) is 0 Å². The van der Waals surface area contributed by atoms with E-state index in [0.29, 0.717) is 6.67 Å². The molecule has 2 nitrogen and oxygen atoms in total. The first-order valence-corrected chi connectivity index (χ1v) is 2.08. The summed E-state index contributed by atoms with van der Waals surface area (Å²) in [7, 11) is 4.86. The third-order valence-corrected chi connectivity index (χ3v) is 0.500. The van der Waals surface area contributed by atoms with E-state index in [9.17, 15) is 0 Å². The van der Waals surface area contributed by atoms with Gasteiger partial charge in [-0.3, -0.25) is 4.72 Å². The van der Waals surface area contributed by atoms with Gasteiger partial charge in [-0.15, -0.1) is 0 Å². The number of hydrogen-bond donors (Lipinski definition) is 2. The molecule has 0 saturated carbocycles. The van der Waals surface area contributed by atoms with Crippen molar-refractivity contribution in [3.63, 3.8) is 0 Å². The number of nitrogens with one attached hydrogen (secondary N) is 1. The van der Waals surface area contributed by atoms with Gasteiger partial charge in [0, 0.05) is 0 Å². The molecule has 0 fully saturated rings. The van der Waals surface area contributed by atoms with Crippen molar-refractivity contribution in [1.82, 2.24) is 4.72 Å². The van der Waals surface area contributed by atoms with Crippen molar-refractivity contribution in [2.45, 2.75) is 0 Å². The fourth-order valence-electron chi connectivity index (χ4n) is 0.0481. The first-order chi connectivity index (χ1) is 2.41. The Labute approximate surface area is 36.9 Å². The van der Waals surface area contributed by atoms with E-state index in [1.807, 2.05) is 0 Å². The van der Waals surface area contributed by atoms with Crippen LogP contribution in [0.25, 0.3) is 0 Å². The van der Waals surface area contributed by atoms with E-state index in [1.54, 1.807) is 0 Å². The van der Waals surface area contributed by atoms with Crippen molar-refractivity contribution in [3.05, 3.63) is 0 Å². The van der Waals surface area contributed by atoms with Gasteiger partial charge < -0.3 is 5.73 Å². The molecular weight excluding hydrogens is 82.9 g/mol. The van der Waals surface area contributed by atoms with Crippen LogP contribution >= 0.6 is 11.8 Å². The summed E-state index contributed by atoms with van der Waals surface area (Å²) in [5.41, 5.74) is 4.93. The third kappa shape index (κ3) is 4.33. The summed E-state index contributed by atoms with van der Waals surface area (Å²) in [5.74, 6) is 0. The van der Waals surface area contributed by atoms with E-state index in [2.05, 4.69) is 4.72 Å². The highest BCUT2D eigenvalue weighted by molar-refractivity contribution is 8.18. The van der Waals surface area contributed by atoms with Crippen molar-refractivity contribution in [2.75, 3.05) is 6.67 Å². The van der Waals surface area contributed by atoms with Gasteiger partial charge >= 0.3 is 0 Å². The Bertz CT molecular complexity index is 17.1. The summed E-state index contributed by atoms with van der Waals surface area (Å²) in [6.45, 7) is 0.432. The van der Waals surface area contributed by atoms with E-state index in [-0.39, 0.29) is 0 Å². The Kier molecular flexibility index (Phi) is 4.63. The highest BCUT2D eigenvalue weighted by atomic mass is 32.2. The molecule has 5 heavy (non-hydrogen) atoms. The first kappa shape index (κ1) is 5.33. The lowest BCUT2D eigenvalue weighted by atomic mass is 10.8. The van der Waals surface area contributed by atoms with Gasteiger partial charge in [0.1, 0.15) is 0 Å². The topological polar surface area (TPSA) is 38.0 Å². The van der Waals surface area contributed by atoms with Crippen molar-refractivity contribution < 1.29 is 0 Å². The largest absolute Gasteiger partial charge is 0.318 e. The second-order valence-electron chi connectivity index (χ2n) is 0.466. The SMILES string of the molecule is [B]SNCN. The predicted molar refractivity (Wildman–Crippen MR) is 25.5 cm³/mol. The maximum atomic E-state index is 4.93. The highest BCUT2D eigenvalue weighted by Crippen LogP contribution is 1.70. The van der Waals surface area contributed by atoms with Crippen molar-refractivity contribution in [2.24, 2.45) is 5.73 Å². The van der Waals surface area contributed by atoms with E-state index in [4.69, 9.17) is 12.9 Å². The molecule has 0 amide bonds. The molecule has 0 aliphatic rings. The zero-order valence-corrected chi connectivity index (χ0v) is 3.59. The van der Waals surface area contributed by atoms with Crippen LogP contribution in [-0.2, 0) is 0 Å². The summed E-state index contributed by atoms with van der Waals surface area (Å²) in [6, 6.07) is 0. The zero-order chi connectivity index (χ0) is 4.12. The van der Waals surface area contributed by atoms with Gasteiger partial charge in [-0.1, -0.05) is 0 Å². The second kappa shape index (κ2) is 4.33. The minimum absolute atomic E-state index is 0.432. The van der Waals surface area contributed by atoms with Gasteiger partial charge in [0.25, 0.3) is 0 Å². The lowest BCUT2D eigenvalue weighted by Crippen LogP contribution is -2.13. The Morgan fingerprint density at radius 2 is 2.60 bits per heavy atom. The molecule has 0 rings (SSSR count). The van der Waals surface area contributed by atoms with Crippen LogP contribution < -0.4 is 10.5 Å². The Hall–Kier alpha value is 0.335. The standard InChI is InChI=1S/CH5BN2S/c2-5-4-1-3/h4H,1,3H2. The molecule has 4 heteroatoms. The molecule has 0 spiro atoms. The summed E-state index contributed by atoms with van der Waals surface area (Å²) >= 11 is 1.03. The lowest BCUT2D eigenvalue weighted by molar-refractivity contribution is 0.992. The fourth-order valence-corrected chi connectivity index (χ4v) is 0.144. The maximum absolute atomic E-state index is 4.93. The summed E-state index contributed by atoms with van der Waals surface area (Å²) in [6.07, 6.45) is 0. The van der Waals surface area contributed by atoms with Gasteiger partial charge in [0.05, 0.1) is 6.67 Å². The zero-order valence-electron chi connectivity index (χ0n) is 2.77. The first-order valence-electron chi connectivity index (χ1n) is 1.20. The number of rotatable bonds is 2. The van der Waals surface area contributed by atoms with Gasteiger partial charge in [0.2, 0.25) is 0 Å². The van der Waals surface area contributed by atoms with E-state index in [0.717, 1.165) is 11.8 Å². The average molecular weight is 87.9 g/mol. The molecule has 0 aromatic heterocycles. The molecule has 3 N–H and O–H groups in total. The summed E-state index contributed by atoms with van der Waals surface area (Å²) in [5, 5.41) is 0. The third-order valence-electron chi connectivity index (χ3n) is 0.167. The van der Waals surface area contributed by atoms with Crippen LogP contribution in [-0.4, -0.2) is 13.8 Å². The van der Waals surface area contributed by atoms with Crippen LogP contribution in [0.2, 0.25) is 0 Å². The second-order valence-corrected chi connectivity index (χ2v) is 0.991. The lowest BCUT2D eigenvalue weighted by Gasteiger charge is -1.86. The molecule has 28 valence electrons. The highest BCUT2D eigenvalue weighted by Gasteiger charge is 1.62. The molecule has 0 aromatic rings. The van der Waals surface area contributed by atoms with E-state index < -0.39 is 0 Å². The molecule has 0 heterocycles. The van der Waals surface area contributed by atoms with Crippen LogP contribution in [0.3, 0.4) is 0 Å². The minimum atomic E-state index is 0.432. The van der Waals surface area contributed by atoms with Gasteiger partial charge in [-0.25, -0.2) is 0 Å². The Morgan fingerprint density at radius 3 is 2.60 bits per heavy atom. The van der Waals surface area contributed by atoms with Crippen LogP contribution in [0.4, 0.5) is 0 Å². The smallest absolute Gasteiger partial charge is 0.184 e. The number of nitrogens with two attached hydrogens (primary N) is 1. The Balaban J connectivity index is 2.19. The monoisotopic (exact) mass is 88.0 g/mol. The van der Waals surface area contributed by atoms with E-state index in [1.165, 1.54) is 0 Å². The molecule has 0 aromatic carbocycles. The Morgan fingerprint density at radius 1 is 2.00 bits per heavy atom. The number of hydrogen-bond acceptors (Lipinski definition) is 3. The van der Waals surface area contributed by atoms with Crippen LogP contribution in [0.5, 0.6) is 0 Å². The molecule has 0 saturated heterocycles. The molecule has 0 atom stereocenters. The fraction of sp³-hybridized carbons (Fsp3) is 1.00. The van der Waals surface area contributed by atoms with Crippen molar-refractivity contribution >= 4 is 18.9 Å². The quantitative estimate of drug-likeness (QED) is 0.264. The van der Waals surface area contributed by atoms with Crippen LogP contribution in [0.15, 0.2) is 0 Å². The minimum Gasteiger partial charge on any atom is -0.318 e. The van der Waals surface area contributed by atoms with Crippen molar-refractivity contribution in [1.29, 1.82) is 0 Å². The summed E-state index contributed by atoms with van der Waals surface area (Å²) in [4.78, 5) is 0. The molecule has 0 unspecified atom stereocenters. The van der Waals surface area contributed by atoms with Crippen LogP contribution in [0, 0.1) is 0 Å². The molecule has 0 bridgehead atoms. The molecule has 0 aliphatic heterocycles. The molecule has 2 radical (unpaired) electrons. The van der Waals surface area contributed by atoms with E-state index >= 15 is 0 Å². The predicted octanol–water partition coefficient (Wildman–Crippen LogP) is -0.776. The normalized spacial score (nSPS) is 8.20.